The second-order valence-electron chi connectivity index (χ2n) is 4.05. The number of hydrogen-bond donors (Lipinski definition) is 2. The number of methoxy groups -OCH3 is 2. The minimum absolute atomic E-state index is 0.244. The van der Waals surface area contributed by atoms with Crippen molar-refractivity contribution in [2.24, 2.45) is 5.84 Å². The molecule has 1 atom stereocenters. The molecule has 0 radical (unpaired) electrons. The lowest BCUT2D eigenvalue weighted by molar-refractivity contribution is 0.352. The lowest BCUT2D eigenvalue weighted by Crippen LogP contribution is -2.30. The average Bonchev–Trinajstić information content (AvgIpc) is 2.52. The largest absolute Gasteiger partial charge is 0.480 e. The van der Waals surface area contributed by atoms with Gasteiger partial charge in [0.25, 0.3) is 0 Å². The molecule has 2 aromatic rings. The van der Waals surface area contributed by atoms with Crippen molar-refractivity contribution in [2.75, 3.05) is 14.2 Å². The zero-order valence-electron chi connectivity index (χ0n) is 11.4. The van der Waals surface area contributed by atoms with E-state index in [1.54, 1.807) is 12.1 Å². The van der Waals surface area contributed by atoms with E-state index in [1.165, 1.54) is 26.5 Å². The van der Waals surface area contributed by atoms with Crippen LogP contribution in [-0.2, 0) is 0 Å². The van der Waals surface area contributed by atoms with Gasteiger partial charge in [0, 0.05) is 0 Å². The van der Waals surface area contributed by atoms with E-state index in [0.717, 1.165) is 0 Å². The normalized spacial score (nSPS) is 12.0. The highest BCUT2D eigenvalue weighted by Gasteiger charge is 2.23. The Bertz CT molecular complexity index is 642. The molecule has 1 aromatic carbocycles. The first kappa shape index (κ1) is 15.6. The van der Waals surface area contributed by atoms with Crippen molar-refractivity contribution in [3.05, 3.63) is 45.9 Å². The Morgan fingerprint density at radius 2 is 2.10 bits per heavy atom. The highest BCUT2D eigenvalue weighted by atomic mass is 79.9. The Morgan fingerprint density at radius 1 is 1.33 bits per heavy atom. The second kappa shape index (κ2) is 6.79. The fourth-order valence-electron chi connectivity index (χ4n) is 1.87. The number of hydrogen-bond acceptors (Lipinski definition) is 6. The number of aromatic nitrogens is 2. The quantitative estimate of drug-likeness (QED) is 0.629. The van der Waals surface area contributed by atoms with E-state index in [4.69, 9.17) is 15.3 Å². The molecule has 3 N–H and O–H groups in total. The highest BCUT2D eigenvalue weighted by molar-refractivity contribution is 9.10. The maximum Gasteiger partial charge on any atom is 0.240 e. The number of hydrazine groups is 1. The molecule has 1 aromatic heterocycles. The summed E-state index contributed by atoms with van der Waals surface area (Å²) in [6, 6.07) is 4.06. The number of ether oxygens (including phenoxy) is 2. The van der Waals surface area contributed by atoms with Gasteiger partial charge in [-0.05, 0) is 27.6 Å². The topological polar surface area (TPSA) is 82.3 Å². The van der Waals surface area contributed by atoms with Crippen LogP contribution in [0.25, 0.3) is 0 Å². The van der Waals surface area contributed by atoms with E-state index in [9.17, 15) is 4.39 Å². The van der Waals surface area contributed by atoms with Crippen molar-refractivity contribution in [1.82, 2.24) is 15.4 Å². The number of rotatable bonds is 5. The van der Waals surface area contributed by atoms with Gasteiger partial charge >= 0.3 is 0 Å². The Hall–Kier alpha value is -1.77. The summed E-state index contributed by atoms with van der Waals surface area (Å²) in [4.78, 5) is 8.38. The first-order valence-corrected chi connectivity index (χ1v) is 6.76. The summed E-state index contributed by atoms with van der Waals surface area (Å²) < 4.78 is 24.2. The van der Waals surface area contributed by atoms with Crippen LogP contribution in [0.3, 0.4) is 0 Å². The first-order chi connectivity index (χ1) is 10.1. The molecule has 1 unspecified atom stereocenters. The van der Waals surface area contributed by atoms with Crippen molar-refractivity contribution in [1.29, 1.82) is 0 Å². The molecule has 0 aliphatic carbocycles. The van der Waals surface area contributed by atoms with Crippen molar-refractivity contribution in [2.45, 2.75) is 6.04 Å². The summed E-state index contributed by atoms with van der Waals surface area (Å²) in [6.07, 6.45) is 1.44. The van der Waals surface area contributed by atoms with Gasteiger partial charge in [0.05, 0.1) is 30.9 Å². The third-order valence-electron chi connectivity index (χ3n) is 2.88. The standard InChI is InChI=1S/C13H14BrFN4O2/c1-20-9-6-17-12(13(18-9)21-2)11(19-16)7-4-3-5-8(15)10(7)14/h3-6,11,19H,16H2,1-2H3. The molecule has 21 heavy (non-hydrogen) atoms. The van der Waals surface area contributed by atoms with Gasteiger partial charge in [0.1, 0.15) is 11.5 Å². The Kier molecular flexibility index (Phi) is 5.05. The Morgan fingerprint density at radius 3 is 2.71 bits per heavy atom. The van der Waals surface area contributed by atoms with Crippen LogP contribution in [-0.4, -0.2) is 24.2 Å². The van der Waals surface area contributed by atoms with Crippen LogP contribution in [0.15, 0.2) is 28.9 Å². The Balaban J connectivity index is 2.53. The van der Waals surface area contributed by atoms with Crippen molar-refractivity contribution >= 4 is 15.9 Å². The maximum absolute atomic E-state index is 13.7. The van der Waals surface area contributed by atoms with Crippen LogP contribution in [0.2, 0.25) is 0 Å². The molecule has 6 nitrogen and oxygen atoms in total. The van der Waals surface area contributed by atoms with Crippen LogP contribution < -0.4 is 20.7 Å². The van der Waals surface area contributed by atoms with Crippen LogP contribution >= 0.6 is 15.9 Å². The van der Waals surface area contributed by atoms with E-state index in [1.807, 2.05) is 0 Å². The summed E-state index contributed by atoms with van der Waals surface area (Å²) in [5, 5.41) is 0. The number of benzene rings is 1. The van der Waals surface area contributed by atoms with Gasteiger partial charge < -0.3 is 9.47 Å². The SMILES string of the molecule is COc1cnc(C(NN)c2cccc(F)c2Br)c(OC)n1. The molecule has 0 spiro atoms. The third kappa shape index (κ3) is 3.12. The van der Waals surface area contributed by atoms with Gasteiger partial charge in [-0.15, -0.1) is 0 Å². The van der Waals surface area contributed by atoms with Crippen molar-refractivity contribution < 1.29 is 13.9 Å². The molecule has 0 fully saturated rings. The van der Waals surface area contributed by atoms with Gasteiger partial charge in [-0.25, -0.2) is 14.8 Å². The Labute approximate surface area is 129 Å². The molecular formula is C13H14BrFN4O2. The van der Waals surface area contributed by atoms with Gasteiger partial charge in [-0.2, -0.15) is 4.98 Å². The number of halogens is 2. The lowest BCUT2D eigenvalue weighted by atomic mass is 10.0. The number of nitrogens with zero attached hydrogens (tertiary/aromatic N) is 2. The fraction of sp³-hybridized carbons (Fsp3) is 0.231. The van der Waals surface area contributed by atoms with Crippen LogP contribution in [0.4, 0.5) is 4.39 Å². The lowest BCUT2D eigenvalue weighted by Gasteiger charge is -2.19. The molecular weight excluding hydrogens is 343 g/mol. The molecule has 112 valence electrons. The summed E-state index contributed by atoms with van der Waals surface area (Å²) in [6.45, 7) is 0. The van der Waals surface area contributed by atoms with Crippen molar-refractivity contribution in [3.63, 3.8) is 0 Å². The third-order valence-corrected chi connectivity index (χ3v) is 3.72. The summed E-state index contributed by atoms with van der Waals surface area (Å²) in [5.41, 5.74) is 3.60. The zero-order valence-corrected chi connectivity index (χ0v) is 13.0. The van der Waals surface area contributed by atoms with E-state index in [-0.39, 0.29) is 5.88 Å². The molecule has 1 heterocycles. The zero-order chi connectivity index (χ0) is 15.4. The molecule has 0 bridgehead atoms. The van der Waals surface area contributed by atoms with Crippen LogP contribution in [0.5, 0.6) is 11.8 Å². The summed E-state index contributed by atoms with van der Waals surface area (Å²) in [5.74, 6) is 5.76. The molecule has 0 aliphatic rings. The maximum atomic E-state index is 13.7. The predicted molar refractivity (Wildman–Crippen MR) is 78.4 cm³/mol. The molecule has 0 saturated heterocycles. The molecule has 0 saturated carbocycles. The summed E-state index contributed by atoms with van der Waals surface area (Å²) in [7, 11) is 2.94. The predicted octanol–water partition coefficient (Wildman–Crippen LogP) is 1.95. The smallest absolute Gasteiger partial charge is 0.240 e. The molecule has 0 aliphatic heterocycles. The molecule has 0 amide bonds. The van der Waals surface area contributed by atoms with E-state index < -0.39 is 11.9 Å². The molecule has 8 heteroatoms. The minimum atomic E-state index is -0.594. The van der Waals surface area contributed by atoms with Crippen LogP contribution in [0.1, 0.15) is 17.3 Å². The van der Waals surface area contributed by atoms with E-state index in [0.29, 0.717) is 21.6 Å². The number of nitrogens with one attached hydrogen (secondary N) is 1. The average molecular weight is 357 g/mol. The van der Waals surface area contributed by atoms with Crippen molar-refractivity contribution in [3.8, 4) is 11.8 Å². The molecule has 2 rings (SSSR count). The number of nitrogens with two attached hydrogens (primary N) is 1. The highest BCUT2D eigenvalue weighted by Crippen LogP contribution is 2.33. The van der Waals surface area contributed by atoms with Crippen LogP contribution in [0, 0.1) is 5.82 Å². The fourth-order valence-corrected chi connectivity index (χ4v) is 2.37. The first-order valence-electron chi connectivity index (χ1n) is 5.97. The summed E-state index contributed by atoms with van der Waals surface area (Å²) >= 11 is 3.21. The van der Waals surface area contributed by atoms with Gasteiger partial charge in [-0.1, -0.05) is 12.1 Å². The van der Waals surface area contributed by atoms with Gasteiger partial charge in [0.15, 0.2) is 0 Å². The van der Waals surface area contributed by atoms with E-state index in [2.05, 4.69) is 31.3 Å². The van der Waals surface area contributed by atoms with E-state index >= 15 is 0 Å². The van der Waals surface area contributed by atoms with Gasteiger partial charge in [0.2, 0.25) is 11.8 Å². The van der Waals surface area contributed by atoms with Gasteiger partial charge in [-0.3, -0.25) is 5.84 Å². The second-order valence-corrected chi connectivity index (χ2v) is 4.84. The monoisotopic (exact) mass is 356 g/mol. The minimum Gasteiger partial charge on any atom is -0.480 e.